The van der Waals surface area contributed by atoms with Crippen LogP contribution in [-0.2, 0) is 14.8 Å². The Morgan fingerprint density at radius 2 is 1.48 bits per heavy atom. The molecule has 0 unspecified atom stereocenters. The summed E-state index contributed by atoms with van der Waals surface area (Å²) in [6, 6.07) is 6.30. The maximum absolute atomic E-state index is 12.7. The number of carbonyl (C=O) groups is 1. The van der Waals surface area contributed by atoms with Gasteiger partial charge in [-0.1, -0.05) is 0 Å². The van der Waals surface area contributed by atoms with Crippen molar-refractivity contribution < 1.29 is 17.9 Å². The minimum atomic E-state index is -3.53. The van der Waals surface area contributed by atoms with Gasteiger partial charge in [0.15, 0.2) is 0 Å². The molecule has 1 aromatic carbocycles. The Bertz CT molecular complexity index is 757. The Labute approximate surface area is 161 Å². The normalized spacial score (nSPS) is 20.6. The zero-order valence-electron chi connectivity index (χ0n) is 16.3. The van der Waals surface area contributed by atoms with E-state index in [0.29, 0.717) is 45.0 Å². The van der Waals surface area contributed by atoms with Crippen LogP contribution in [0.5, 0.6) is 0 Å². The van der Waals surface area contributed by atoms with Gasteiger partial charge in [0, 0.05) is 50.4 Å². The van der Waals surface area contributed by atoms with Crippen LogP contribution in [0.4, 0.5) is 0 Å². The molecule has 1 aromatic rings. The first-order valence-corrected chi connectivity index (χ1v) is 10.9. The summed E-state index contributed by atoms with van der Waals surface area (Å²) in [6.45, 7) is 11.1. The van der Waals surface area contributed by atoms with E-state index in [1.807, 2.05) is 4.90 Å². The average Bonchev–Trinajstić information content (AvgIpc) is 2.67. The van der Waals surface area contributed by atoms with Gasteiger partial charge in [-0.05, 0) is 45.0 Å². The molecule has 2 heterocycles. The molecule has 2 saturated heterocycles. The van der Waals surface area contributed by atoms with Crippen molar-refractivity contribution in [2.45, 2.75) is 31.2 Å². The Balaban J connectivity index is 1.66. The molecule has 7 nitrogen and oxygen atoms in total. The number of piperazine rings is 1. The van der Waals surface area contributed by atoms with Gasteiger partial charge in [-0.25, -0.2) is 8.42 Å². The Morgan fingerprint density at radius 3 is 2.00 bits per heavy atom. The maximum Gasteiger partial charge on any atom is 0.253 e. The van der Waals surface area contributed by atoms with Gasteiger partial charge in [-0.2, -0.15) is 4.31 Å². The Hall–Kier alpha value is -1.48. The van der Waals surface area contributed by atoms with Crippen molar-refractivity contribution in [3.05, 3.63) is 29.8 Å². The first-order chi connectivity index (χ1) is 12.7. The summed E-state index contributed by atoms with van der Waals surface area (Å²) in [6.07, 6.45) is 0. The highest BCUT2D eigenvalue weighted by Crippen LogP contribution is 2.20. The van der Waals surface area contributed by atoms with Crippen LogP contribution >= 0.6 is 0 Å². The molecule has 0 spiro atoms. The van der Waals surface area contributed by atoms with E-state index in [1.165, 1.54) is 16.4 Å². The van der Waals surface area contributed by atoms with Crippen LogP contribution in [0.1, 0.15) is 31.1 Å². The van der Waals surface area contributed by atoms with Gasteiger partial charge in [-0.15, -0.1) is 0 Å². The van der Waals surface area contributed by atoms with Gasteiger partial charge in [0.25, 0.3) is 5.91 Å². The molecule has 0 aliphatic carbocycles. The maximum atomic E-state index is 12.7. The molecule has 2 fully saturated rings. The van der Waals surface area contributed by atoms with E-state index in [-0.39, 0.29) is 16.3 Å². The van der Waals surface area contributed by atoms with E-state index in [9.17, 15) is 13.2 Å². The predicted octanol–water partition coefficient (Wildman–Crippen LogP) is 1.26. The van der Waals surface area contributed by atoms with Crippen LogP contribution in [0.25, 0.3) is 0 Å². The highest BCUT2D eigenvalue weighted by atomic mass is 32.2. The molecule has 0 bridgehead atoms. The molecular formula is C19H29N3O4S. The van der Waals surface area contributed by atoms with Gasteiger partial charge in [0.05, 0.1) is 18.1 Å². The van der Waals surface area contributed by atoms with E-state index >= 15 is 0 Å². The van der Waals surface area contributed by atoms with Crippen LogP contribution < -0.4 is 0 Å². The second-order valence-corrected chi connectivity index (χ2v) is 9.93. The summed E-state index contributed by atoms with van der Waals surface area (Å²) >= 11 is 0. The number of morpholine rings is 1. The third kappa shape index (κ3) is 4.51. The molecule has 0 radical (unpaired) electrons. The largest absolute Gasteiger partial charge is 0.379 e. The van der Waals surface area contributed by atoms with Crippen molar-refractivity contribution in [1.82, 2.24) is 14.1 Å². The number of ether oxygens (including phenoxy) is 1. The number of hydrogen-bond donors (Lipinski definition) is 0. The van der Waals surface area contributed by atoms with Crippen LogP contribution in [0.2, 0.25) is 0 Å². The number of rotatable bonds is 3. The van der Waals surface area contributed by atoms with Crippen molar-refractivity contribution >= 4 is 15.9 Å². The molecule has 2 aliphatic heterocycles. The lowest BCUT2D eigenvalue weighted by atomic mass is 10.0. The first kappa shape index (κ1) is 20.3. The van der Waals surface area contributed by atoms with E-state index in [1.54, 1.807) is 12.1 Å². The zero-order valence-corrected chi connectivity index (χ0v) is 17.2. The van der Waals surface area contributed by atoms with E-state index in [0.717, 1.165) is 13.1 Å². The van der Waals surface area contributed by atoms with E-state index in [4.69, 9.17) is 4.74 Å². The second kappa shape index (κ2) is 7.87. The molecular weight excluding hydrogens is 366 g/mol. The van der Waals surface area contributed by atoms with Gasteiger partial charge in [-0.3, -0.25) is 9.69 Å². The molecule has 0 aromatic heterocycles. The number of nitrogens with zero attached hydrogens (tertiary/aromatic N) is 3. The van der Waals surface area contributed by atoms with Crippen molar-refractivity contribution in [3.63, 3.8) is 0 Å². The molecule has 150 valence electrons. The highest BCUT2D eigenvalue weighted by molar-refractivity contribution is 7.89. The fourth-order valence-electron chi connectivity index (χ4n) is 3.47. The van der Waals surface area contributed by atoms with Crippen LogP contribution in [0.15, 0.2) is 29.2 Å². The molecule has 0 N–H and O–H groups in total. The summed E-state index contributed by atoms with van der Waals surface area (Å²) < 4.78 is 32.0. The fraction of sp³-hybridized carbons (Fsp3) is 0.632. The van der Waals surface area contributed by atoms with Crippen LogP contribution in [0.3, 0.4) is 0 Å². The monoisotopic (exact) mass is 395 g/mol. The van der Waals surface area contributed by atoms with Gasteiger partial charge in [0.2, 0.25) is 10.0 Å². The molecule has 1 amide bonds. The SMILES string of the molecule is CC(C)(C)N1CCN(C(=O)c2ccc(S(=O)(=O)N3CCOCC3)cc2)CC1. The predicted molar refractivity (Wildman–Crippen MR) is 103 cm³/mol. The summed E-state index contributed by atoms with van der Waals surface area (Å²) in [5.74, 6) is -0.0427. The Morgan fingerprint density at radius 1 is 0.926 bits per heavy atom. The van der Waals surface area contributed by atoms with Gasteiger partial charge in [0.1, 0.15) is 0 Å². The molecule has 27 heavy (non-hydrogen) atoms. The first-order valence-electron chi connectivity index (χ1n) is 9.42. The lowest BCUT2D eigenvalue weighted by molar-refractivity contribution is 0.0451. The molecule has 0 saturated carbocycles. The minimum Gasteiger partial charge on any atom is -0.379 e. The van der Waals surface area contributed by atoms with Crippen molar-refractivity contribution in [1.29, 1.82) is 0 Å². The van der Waals surface area contributed by atoms with Crippen molar-refractivity contribution in [3.8, 4) is 0 Å². The summed E-state index contributed by atoms with van der Waals surface area (Å²) in [5.41, 5.74) is 0.630. The second-order valence-electron chi connectivity index (χ2n) is 7.99. The average molecular weight is 396 g/mol. The number of benzene rings is 1. The highest BCUT2D eigenvalue weighted by Gasteiger charge is 2.29. The molecule has 8 heteroatoms. The Kier molecular flexibility index (Phi) is 5.90. The van der Waals surface area contributed by atoms with Crippen molar-refractivity contribution in [2.75, 3.05) is 52.5 Å². The van der Waals surface area contributed by atoms with Gasteiger partial charge >= 0.3 is 0 Å². The number of hydrogen-bond acceptors (Lipinski definition) is 5. The molecule has 0 atom stereocenters. The molecule has 3 rings (SSSR count). The third-order valence-electron chi connectivity index (χ3n) is 5.22. The number of sulfonamides is 1. The topological polar surface area (TPSA) is 70.2 Å². The van der Waals surface area contributed by atoms with Crippen LogP contribution in [-0.4, -0.2) is 86.5 Å². The van der Waals surface area contributed by atoms with Crippen LogP contribution in [0, 0.1) is 0 Å². The zero-order chi connectivity index (χ0) is 19.7. The third-order valence-corrected chi connectivity index (χ3v) is 7.14. The van der Waals surface area contributed by atoms with E-state index < -0.39 is 10.0 Å². The van der Waals surface area contributed by atoms with E-state index in [2.05, 4.69) is 25.7 Å². The van der Waals surface area contributed by atoms with Gasteiger partial charge < -0.3 is 9.64 Å². The molecule has 2 aliphatic rings. The lowest BCUT2D eigenvalue weighted by Gasteiger charge is -2.42. The summed E-state index contributed by atoms with van der Waals surface area (Å²) in [7, 11) is -3.53. The summed E-state index contributed by atoms with van der Waals surface area (Å²) in [5, 5.41) is 0. The summed E-state index contributed by atoms with van der Waals surface area (Å²) in [4.78, 5) is 17.2. The standard InChI is InChI=1S/C19H29N3O4S/c1-19(2,3)21-10-8-20(9-11-21)18(23)16-4-6-17(7-5-16)27(24,25)22-12-14-26-15-13-22/h4-7H,8-15H2,1-3H3. The fourth-order valence-corrected chi connectivity index (χ4v) is 4.88. The minimum absolute atomic E-state index is 0.0427. The lowest BCUT2D eigenvalue weighted by Crippen LogP contribution is -2.54. The quantitative estimate of drug-likeness (QED) is 0.771. The number of amides is 1. The van der Waals surface area contributed by atoms with Crippen molar-refractivity contribution in [2.24, 2.45) is 0 Å². The number of carbonyl (C=O) groups excluding carboxylic acids is 1. The smallest absolute Gasteiger partial charge is 0.253 e.